The highest BCUT2D eigenvalue weighted by atomic mass is 16.5. The van der Waals surface area contributed by atoms with Gasteiger partial charge in [-0.15, -0.1) is 0 Å². The molecule has 0 radical (unpaired) electrons. The van der Waals surface area contributed by atoms with Crippen molar-refractivity contribution in [3.63, 3.8) is 0 Å². The molecule has 2 heterocycles. The molecule has 1 amide bonds. The summed E-state index contributed by atoms with van der Waals surface area (Å²) < 4.78 is 10.8. The van der Waals surface area contributed by atoms with Crippen LogP contribution in [0.15, 0.2) is 34.7 Å². The van der Waals surface area contributed by atoms with Crippen LogP contribution >= 0.6 is 0 Å². The molecular weight excluding hydrogens is 286 g/mol. The number of nitrogens with one attached hydrogen (secondary N) is 1. The van der Waals surface area contributed by atoms with E-state index in [-0.39, 0.29) is 18.1 Å². The zero-order valence-electron chi connectivity index (χ0n) is 12.0. The number of furan rings is 1. The first-order valence-corrected chi connectivity index (χ1v) is 7.19. The monoisotopic (exact) mass is 303 g/mol. The topological polar surface area (TPSA) is 88.8 Å². The van der Waals surface area contributed by atoms with Gasteiger partial charge >= 0.3 is 5.97 Å². The van der Waals surface area contributed by atoms with Gasteiger partial charge < -0.3 is 19.6 Å². The molecule has 116 valence electrons. The van der Waals surface area contributed by atoms with E-state index in [1.54, 1.807) is 12.1 Å². The Morgan fingerprint density at radius 3 is 2.64 bits per heavy atom. The molecule has 6 heteroatoms. The van der Waals surface area contributed by atoms with Crippen molar-refractivity contribution < 1.29 is 23.8 Å². The summed E-state index contributed by atoms with van der Waals surface area (Å²) in [4.78, 5) is 23.5. The van der Waals surface area contributed by atoms with Gasteiger partial charge in [-0.2, -0.15) is 0 Å². The number of carbonyl (C=O) groups is 2. The summed E-state index contributed by atoms with van der Waals surface area (Å²) >= 11 is 0. The van der Waals surface area contributed by atoms with Crippen LogP contribution in [0.25, 0.3) is 11.0 Å². The first-order chi connectivity index (χ1) is 10.6. The number of carbonyl (C=O) groups excluding carboxylic acids is 1. The second kappa shape index (κ2) is 5.81. The molecule has 22 heavy (non-hydrogen) atoms. The summed E-state index contributed by atoms with van der Waals surface area (Å²) in [6.45, 7) is 0.876. The van der Waals surface area contributed by atoms with Crippen molar-refractivity contribution in [2.24, 2.45) is 0 Å². The number of amides is 1. The van der Waals surface area contributed by atoms with Crippen molar-refractivity contribution >= 4 is 22.8 Å². The summed E-state index contributed by atoms with van der Waals surface area (Å²) in [6.07, 6.45) is 0.832. The number of ether oxygens (including phenoxy) is 1. The number of rotatable bonds is 4. The standard InChI is InChI=1S/C16H17NO5/c18-14(19)10-16(5-7-21-8-6-16)17-15(20)13-9-11-3-1-2-4-12(11)22-13/h1-4,9H,5-8,10H2,(H,17,20)(H,18,19). The van der Waals surface area contributed by atoms with E-state index in [1.807, 2.05) is 18.2 Å². The Hall–Kier alpha value is -2.34. The Balaban J connectivity index is 1.82. The molecule has 0 aliphatic carbocycles. The molecule has 0 bridgehead atoms. The highest BCUT2D eigenvalue weighted by Gasteiger charge is 2.37. The van der Waals surface area contributed by atoms with E-state index in [2.05, 4.69) is 5.32 Å². The molecule has 1 fully saturated rings. The fourth-order valence-corrected chi connectivity index (χ4v) is 2.79. The van der Waals surface area contributed by atoms with E-state index in [0.717, 1.165) is 5.39 Å². The SMILES string of the molecule is O=C(O)CC1(NC(=O)c2cc3ccccc3o2)CCOCC1. The first kappa shape index (κ1) is 14.6. The lowest BCUT2D eigenvalue weighted by atomic mass is 9.86. The molecule has 0 saturated carbocycles. The summed E-state index contributed by atoms with van der Waals surface area (Å²) in [7, 11) is 0. The highest BCUT2D eigenvalue weighted by Crippen LogP contribution is 2.26. The lowest BCUT2D eigenvalue weighted by Gasteiger charge is -2.36. The number of aliphatic carboxylic acids is 1. The molecule has 1 aromatic heterocycles. The lowest BCUT2D eigenvalue weighted by molar-refractivity contribution is -0.139. The third-order valence-electron chi connectivity index (χ3n) is 3.97. The molecule has 0 atom stereocenters. The molecule has 2 N–H and O–H groups in total. The van der Waals surface area contributed by atoms with Crippen molar-refractivity contribution in [1.29, 1.82) is 0 Å². The average molecular weight is 303 g/mol. The van der Waals surface area contributed by atoms with Gasteiger partial charge in [0.1, 0.15) is 5.58 Å². The second-order valence-electron chi connectivity index (χ2n) is 5.57. The molecule has 1 aliphatic rings. The van der Waals surface area contributed by atoms with Gasteiger partial charge in [0.25, 0.3) is 5.91 Å². The molecule has 2 aromatic rings. The summed E-state index contributed by atoms with van der Waals surface area (Å²) in [5.74, 6) is -1.14. The Kier molecular flexibility index (Phi) is 3.85. The molecule has 3 rings (SSSR count). The van der Waals surface area contributed by atoms with Crippen LogP contribution in [0.5, 0.6) is 0 Å². The van der Waals surface area contributed by atoms with Crippen LogP contribution in [0.2, 0.25) is 0 Å². The minimum Gasteiger partial charge on any atom is -0.481 e. The number of carboxylic acids is 1. The van der Waals surface area contributed by atoms with Gasteiger partial charge in [0.15, 0.2) is 5.76 Å². The Morgan fingerprint density at radius 2 is 1.95 bits per heavy atom. The van der Waals surface area contributed by atoms with Crippen molar-refractivity contribution in [3.8, 4) is 0 Å². The highest BCUT2D eigenvalue weighted by molar-refractivity contribution is 5.96. The molecule has 6 nitrogen and oxygen atoms in total. The maximum atomic E-state index is 12.4. The average Bonchev–Trinajstić information content (AvgIpc) is 2.91. The van der Waals surface area contributed by atoms with E-state index in [9.17, 15) is 9.59 Å². The van der Waals surface area contributed by atoms with Gasteiger partial charge in [0.05, 0.1) is 12.0 Å². The smallest absolute Gasteiger partial charge is 0.305 e. The van der Waals surface area contributed by atoms with E-state index in [4.69, 9.17) is 14.3 Å². The summed E-state index contributed by atoms with van der Waals surface area (Å²) in [6, 6.07) is 9.00. The molecule has 1 saturated heterocycles. The Morgan fingerprint density at radius 1 is 1.23 bits per heavy atom. The molecule has 0 spiro atoms. The fourth-order valence-electron chi connectivity index (χ4n) is 2.79. The van der Waals surface area contributed by atoms with Gasteiger partial charge in [-0.1, -0.05) is 18.2 Å². The van der Waals surface area contributed by atoms with Crippen LogP contribution < -0.4 is 5.32 Å². The zero-order valence-corrected chi connectivity index (χ0v) is 12.0. The van der Waals surface area contributed by atoms with Gasteiger partial charge in [0.2, 0.25) is 0 Å². The number of hydrogen-bond acceptors (Lipinski definition) is 4. The van der Waals surface area contributed by atoms with E-state index in [1.165, 1.54) is 0 Å². The third kappa shape index (κ3) is 2.96. The van der Waals surface area contributed by atoms with Crippen molar-refractivity contribution in [2.75, 3.05) is 13.2 Å². The number of para-hydroxylation sites is 1. The number of carboxylic acid groups (broad SMARTS) is 1. The quantitative estimate of drug-likeness (QED) is 0.903. The van der Waals surface area contributed by atoms with Gasteiger partial charge in [-0.3, -0.25) is 9.59 Å². The van der Waals surface area contributed by atoms with Crippen molar-refractivity contribution in [1.82, 2.24) is 5.32 Å². The summed E-state index contributed by atoms with van der Waals surface area (Å²) in [5.41, 5.74) is -0.146. The molecule has 0 unspecified atom stereocenters. The largest absolute Gasteiger partial charge is 0.481 e. The van der Waals surface area contributed by atoms with E-state index in [0.29, 0.717) is 31.6 Å². The Labute approximate surface area is 127 Å². The van der Waals surface area contributed by atoms with Gasteiger partial charge in [0, 0.05) is 18.6 Å². The minimum atomic E-state index is -0.938. The second-order valence-corrected chi connectivity index (χ2v) is 5.57. The summed E-state index contributed by atoms with van der Waals surface area (Å²) in [5, 5.41) is 12.8. The minimum absolute atomic E-state index is 0.123. The van der Waals surface area contributed by atoms with Crippen LogP contribution in [-0.4, -0.2) is 35.7 Å². The van der Waals surface area contributed by atoms with Gasteiger partial charge in [-0.25, -0.2) is 0 Å². The Bertz CT molecular complexity index is 666. The normalized spacial score (nSPS) is 17.3. The van der Waals surface area contributed by atoms with E-state index >= 15 is 0 Å². The van der Waals surface area contributed by atoms with Crippen molar-refractivity contribution in [2.45, 2.75) is 24.8 Å². The van der Waals surface area contributed by atoms with Gasteiger partial charge in [-0.05, 0) is 25.0 Å². The lowest BCUT2D eigenvalue weighted by Crippen LogP contribution is -2.53. The number of hydrogen-bond donors (Lipinski definition) is 2. The first-order valence-electron chi connectivity index (χ1n) is 7.19. The zero-order chi connectivity index (χ0) is 15.6. The molecular formula is C16H17NO5. The number of benzene rings is 1. The van der Waals surface area contributed by atoms with Crippen LogP contribution in [0, 0.1) is 0 Å². The van der Waals surface area contributed by atoms with Crippen LogP contribution in [0.3, 0.4) is 0 Å². The van der Waals surface area contributed by atoms with Crippen LogP contribution in [-0.2, 0) is 9.53 Å². The predicted octanol–water partition coefficient (Wildman–Crippen LogP) is 2.19. The fraction of sp³-hybridized carbons (Fsp3) is 0.375. The molecule has 1 aromatic carbocycles. The maximum absolute atomic E-state index is 12.4. The predicted molar refractivity (Wildman–Crippen MR) is 78.7 cm³/mol. The van der Waals surface area contributed by atoms with Crippen molar-refractivity contribution in [3.05, 3.63) is 36.1 Å². The van der Waals surface area contributed by atoms with E-state index < -0.39 is 11.5 Å². The maximum Gasteiger partial charge on any atom is 0.305 e. The number of fused-ring (bicyclic) bond motifs is 1. The third-order valence-corrected chi connectivity index (χ3v) is 3.97. The van der Waals surface area contributed by atoms with Crippen LogP contribution in [0.4, 0.5) is 0 Å². The molecule has 1 aliphatic heterocycles. The van der Waals surface area contributed by atoms with Crippen LogP contribution in [0.1, 0.15) is 29.8 Å².